The topological polar surface area (TPSA) is 55.1 Å². The SMILES string of the molecule is CCCCCc1ccc(NC(=O)C2CCCC2N)cc1. The van der Waals surface area contributed by atoms with E-state index in [1.807, 2.05) is 12.1 Å². The van der Waals surface area contributed by atoms with Crippen LogP contribution in [0.25, 0.3) is 0 Å². The van der Waals surface area contributed by atoms with Crippen LogP contribution in [0.15, 0.2) is 24.3 Å². The van der Waals surface area contributed by atoms with Gasteiger partial charge in [0.25, 0.3) is 0 Å². The van der Waals surface area contributed by atoms with Gasteiger partial charge in [0.15, 0.2) is 0 Å². The highest BCUT2D eigenvalue weighted by atomic mass is 16.1. The van der Waals surface area contributed by atoms with E-state index < -0.39 is 0 Å². The summed E-state index contributed by atoms with van der Waals surface area (Å²) in [4.78, 5) is 12.1. The van der Waals surface area contributed by atoms with Crippen molar-refractivity contribution >= 4 is 11.6 Å². The maximum Gasteiger partial charge on any atom is 0.229 e. The summed E-state index contributed by atoms with van der Waals surface area (Å²) in [5.41, 5.74) is 8.19. The normalized spacial score (nSPS) is 21.9. The first-order valence-corrected chi connectivity index (χ1v) is 7.86. The highest BCUT2D eigenvalue weighted by Gasteiger charge is 2.30. The van der Waals surface area contributed by atoms with Crippen LogP contribution in [0.2, 0.25) is 0 Å². The predicted molar refractivity (Wildman–Crippen MR) is 83.6 cm³/mol. The molecular formula is C17H26N2O. The largest absolute Gasteiger partial charge is 0.327 e. The molecule has 2 atom stereocenters. The third kappa shape index (κ3) is 4.07. The number of nitrogens with one attached hydrogen (secondary N) is 1. The summed E-state index contributed by atoms with van der Waals surface area (Å²) in [6.07, 6.45) is 7.83. The van der Waals surface area contributed by atoms with E-state index in [9.17, 15) is 4.79 Å². The fourth-order valence-electron chi connectivity index (χ4n) is 2.88. The summed E-state index contributed by atoms with van der Waals surface area (Å²) in [6, 6.07) is 8.25. The molecule has 0 bridgehead atoms. The Morgan fingerprint density at radius 2 is 2.00 bits per heavy atom. The summed E-state index contributed by atoms with van der Waals surface area (Å²) in [7, 11) is 0. The standard InChI is InChI=1S/C17H26N2O/c1-2-3-4-6-13-9-11-14(12-10-13)19-17(20)15-7-5-8-16(15)18/h9-12,15-16H,2-8,18H2,1H3,(H,19,20). The highest BCUT2D eigenvalue weighted by Crippen LogP contribution is 2.25. The summed E-state index contributed by atoms with van der Waals surface area (Å²) in [5, 5.41) is 2.99. The van der Waals surface area contributed by atoms with E-state index in [1.54, 1.807) is 0 Å². The molecule has 1 saturated carbocycles. The number of benzene rings is 1. The Balaban J connectivity index is 1.85. The molecule has 0 spiro atoms. The van der Waals surface area contributed by atoms with Crippen molar-refractivity contribution in [2.75, 3.05) is 5.32 Å². The number of anilines is 1. The fourth-order valence-corrected chi connectivity index (χ4v) is 2.88. The van der Waals surface area contributed by atoms with Crippen molar-refractivity contribution in [1.29, 1.82) is 0 Å². The molecule has 1 amide bonds. The molecule has 110 valence electrons. The molecule has 3 heteroatoms. The van der Waals surface area contributed by atoms with Crippen molar-refractivity contribution < 1.29 is 4.79 Å². The number of nitrogens with two attached hydrogens (primary N) is 1. The van der Waals surface area contributed by atoms with E-state index in [1.165, 1.54) is 24.8 Å². The van der Waals surface area contributed by atoms with Crippen LogP contribution in [0, 0.1) is 5.92 Å². The molecule has 0 aromatic heterocycles. The molecule has 3 N–H and O–H groups in total. The number of amides is 1. The van der Waals surface area contributed by atoms with Gasteiger partial charge in [-0.15, -0.1) is 0 Å². The van der Waals surface area contributed by atoms with Gasteiger partial charge in [-0.1, -0.05) is 38.3 Å². The van der Waals surface area contributed by atoms with E-state index in [0.29, 0.717) is 0 Å². The van der Waals surface area contributed by atoms with Gasteiger partial charge in [0.1, 0.15) is 0 Å². The molecule has 1 aliphatic rings. The van der Waals surface area contributed by atoms with E-state index in [4.69, 9.17) is 5.73 Å². The van der Waals surface area contributed by atoms with Crippen LogP contribution in [-0.4, -0.2) is 11.9 Å². The van der Waals surface area contributed by atoms with E-state index >= 15 is 0 Å². The average molecular weight is 274 g/mol. The molecule has 2 unspecified atom stereocenters. The third-order valence-electron chi connectivity index (χ3n) is 4.20. The molecule has 0 saturated heterocycles. The average Bonchev–Trinajstić information content (AvgIpc) is 2.87. The third-order valence-corrected chi connectivity index (χ3v) is 4.20. The van der Waals surface area contributed by atoms with Crippen molar-refractivity contribution in [3.8, 4) is 0 Å². The minimum absolute atomic E-state index is 0.0146. The summed E-state index contributed by atoms with van der Waals surface area (Å²) in [6.45, 7) is 2.21. The van der Waals surface area contributed by atoms with Gasteiger partial charge in [-0.05, 0) is 43.4 Å². The van der Waals surface area contributed by atoms with Crippen molar-refractivity contribution in [2.24, 2.45) is 11.7 Å². The number of hydrogen-bond acceptors (Lipinski definition) is 2. The number of aryl methyl sites for hydroxylation is 1. The first kappa shape index (κ1) is 15.0. The van der Waals surface area contributed by atoms with Gasteiger partial charge in [-0.25, -0.2) is 0 Å². The Bertz CT molecular complexity index is 427. The van der Waals surface area contributed by atoms with Crippen LogP contribution in [0.5, 0.6) is 0 Å². The van der Waals surface area contributed by atoms with Crippen molar-refractivity contribution in [3.05, 3.63) is 29.8 Å². The zero-order chi connectivity index (χ0) is 14.4. The van der Waals surface area contributed by atoms with Crippen molar-refractivity contribution in [1.82, 2.24) is 0 Å². The second-order valence-corrected chi connectivity index (χ2v) is 5.84. The Hall–Kier alpha value is -1.35. The van der Waals surface area contributed by atoms with E-state index in [2.05, 4.69) is 24.4 Å². The van der Waals surface area contributed by atoms with Gasteiger partial charge in [-0.2, -0.15) is 0 Å². The molecule has 20 heavy (non-hydrogen) atoms. The number of hydrogen-bond donors (Lipinski definition) is 2. The number of unbranched alkanes of at least 4 members (excludes halogenated alkanes) is 2. The van der Waals surface area contributed by atoms with Gasteiger partial charge in [0, 0.05) is 11.7 Å². The lowest BCUT2D eigenvalue weighted by molar-refractivity contribution is -0.120. The molecular weight excluding hydrogens is 248 g/mol. The lowest BCUT2D eigenvalue weighted by Crippen LogP contribution is -2.34. The number of rotatable bonds is 6. The summed E-state index contributed by atoms with van der Waals surface area (Å²) in [5.74, 6) is 0.0629. The number of carbonyl (C=O) groups is 1. The quantitative estimate of drug-likeness (QED) is 0.780. The first-order chi connectivity index (χ1) is 9.70. The minimum atomic E-state index is -0.0146. The lowest BCUT2D eigenvalue weighted by Gasteiger charge is -2.15. The summed E-state index contributed by atoms with van der Waals surface area (Å²) >= 11 is 0. The monoisotopic (exact) mass is 274 g/mol. The van der Waals surface area contributed by atoms with E-state index in [0.717, 1.165) is 31.4 Å². The van der Waals surface area contributed by atoms with Crippen molar-refractivity contribution in [2.45, 2.75) is 57.9 Å². The second-order valence-electron chi connectivity index (χ2n) is 5.84. The Labute approximate surface area is 121 Å². The fraction of sp³-hybridized carbons (Fsp3) is 0.588. The van der Waals surface area contributed by atoms with Crippen LogP contribution in [0.4, 0.5) is 5.69 Å². The van der Waals surface area contributed by atoms with Gasteiger partial charge in [0.2, 0.25) is 5.91 Å². The van der Waals surface area contributed by atoms with Crippen LogP contribution in [0.1, 0.15) is 51.0 Å². The van der Waals surface area contributed by atoms with Gasteiger partial charge in [-0.3, -0.25) is 4.79 Å². The zero-order valence-electron chi connectivity index (χ0n) is 12.4. The molecule has 2 rings (SSSR count). The Morgan fingerprint density at radius 3 is 2.60 bits per heavy atom. The van der Waals surface area contributed by atoms with Gasteiger partial charge >= 0.3 is 0 Å². The van der Waals surface area contributed by atoms with Crippen LogP contribution in [0.3, 0.4) is 0 Å². The Morgan fingerprint density at radius 1 is 1.25 bits per heavy atom. The first-order valence-electron chi connectivity index (χ1n) is 7.86. The van der Waals surface area contributed by atoms with E-state index in [-0.39, 0.29) is 17.9 Å². The Kier molecular flexibility index (Phi) is 5.60. The molecule has 0 radical (unpaired) electrons. The highest BCUT2D eigenvalue weighted by molar-refractivity contribution is 5.93. The van der Waals surface area contributed by atoms with Crippen molar-refractivity contribution in [3.63, 3.8) is 0 Å². The molecule has 3 nitrogen and oxygen atoms in total. The van der Waals surface area contributed by atoms with Crippen LogP contribution >= 0.6 is 0 Å². The van der Waals surface area contributed by atoms with Gasteiger partial charge < -0.3 is 11.1 Å². The zero-order valence-corrected chi connectivity index (χ0v) is 12.4. The van der Waals surface area contributed by atoms with Gasteiger partial charge in [0.05, 0.1) is 5.92 Å². The predicted octanol–water partition coefficient (Wildman–Crippen LogP) is 3.49. The molecule has 0 aliphatic heterocycles. The maximum atomic E-state index is 12.1. The summed E-state index contributed by atoms with van der Waals surface area (Å²) < 4.78 is 0. The molecule has 0 heterocycles. The lowest BCUT2D eigenvalue weighted by atomic mass is 10.0. The molecule has 1 aromatic carbocycles. The smallest absolute Gasteiger partial charge is 0.229 e. The maximum absolute atomic E-state index is 12.1. The molecule has 1 fully saturated rings. The second kappa shape index (κ2) is 7.44. The number of carbonyl (C=O) groups excluding carboxylic acids is 1. The minimum Gasteiger partial charge on any atom is -0.327 e. The van der Waals surface area contributed by atoms with Crippen LogP contribution < -0.4 is 11.1 Å². The van der Waals surface area contributed by atoms with Crippen LogP contribution in [-0.2, 0) is 11.2 Å². The molecule has 1 aromatic rings. The molecule has 1 aliphatic carbocycles.